The molecule has 3 nitrogen and oxygen atoms in total. The summed E-state index contributed by atoms with van der Waals surface area (Å²) in [5.41, 5.74) is 3.33. The molecule has 3 rings (SSSR count). The van der Waals surface area contributed by atoms with E-state index in [9.17, 15) is 4.79 Å². The molecule has 0 radical (unpaired) electrons. The first-order valence-electron chi connectivity index (χ1n) is 5.84. The Morgan fingerprint density at radius 3 is 2.41 bits per heavy atom. The molecule has 1 aromatic carbocycles. The first-order valence-corrected chi connectivity index (χ1v) is 5.84. The van der Waals surface area contributed by atoms with Crippen molar-refractivity contribution in [2.24, 2.45) is 0 Å². The van der Waals surface area contributed by atoms with Crippen LogP contribution in [0.3, 0.4) is 0 Å². The van der Waals surface area contributed by atoms with Gasteiger partial charge in [-0.15, -0.1) is 0 Å². The molecule has 0 aliphatic heterocycles. The van der Waals surface area contributed by atoms with Gasteiger partial charge in [0.1, 0.15) is 5.69 Å². The molecule has 2 aromatic rings. The standard InChI is InChI=1S/C14H14N2O/c17-14(13-6-3-7-15-13)16-12-8-10-4-1-2-5-11(10)9-12/h1-7,12,15H,8-9H2,(H,16,17). The molecule has 2 N–H and O–H groups in total. The Bertz CT molecular complexity index is 506. The maximum Gasteiger partial charge on any atom is 0.267 e. The molecule has 0 bridgehead atoms. The van der Waals surface area contributed by atoms with E-state index in [0.29, 0.717) is 5.69 Å². The predicted octanol–water partition coefficient (Wildman–Crippen LogP) is 1.91. The van der Waals surface area contributed by atoms with Gasteiger partial charge in [0.2, 0.25) is 0 Å². The second-order valence-electron chi connectivity index (χ2n) is 4.43. The van der Waals surface area contributed by atoms with Gasteiger partial charge in [-0.05, 0) is 36.1 Å². The van der Waals surface area contributed by atoms with Gasteiger partial charge in [-0.2, -0.15) is 0 Å². The molecule has 0 saturated heterocycles. The zero-order chi connectivity index (χ0) is 11.7. The number of hydrogen-bond donors (Lipinski definition) is 2. The summed E-state index contributed by atoms with van der Waals surface area (Å²) in [6, 6.07) is 12.2. The maximum absolute atomic E-state index is 11.9. The highest BCUT2D eigenvalue weighted by atomic mass is 16.1. The molecule has 0 saturated carbocycles. The average Bonchev–Trinajstić information content (AvgIpc) is 2.97. The minimum absolute atomic E-state index is 0.0205. The van der Waals surface area contributed by atoms with Gasteiger partial charge in [-0.3, -0.25) is 4.79 Å². The molecule has 1 heterocycles. The lowest BCUT2D eigenvalue weighted by molar-refractivity contribution is 0.0934. The summed E-state index contributed by atoms with van der Waals surface area (Å²) in [5.74, 6) is -0.0205. The van der Waals surface area contributed by atoms with E-state index in [1.807, 2.05) is 18.2 Å². The zero-order valence-corrected chi connectivity index (χ0v) is 9.44. The van der Waals surface area contributed by atoms with Crippen LogP contribution >= 0.6 is 0 Å². The molecule has 0 spiro atoms. The van der Waals surface area contributed by atoms with Crippen LogP contribution in [-0.4, -0.2) is 16.9 Å². The first kappa shape index (κ1) is 10.1. The minimum Gasteiger partial charge on any atom is -0.357 e. The molecule has 3 heteroatoms. The minimum atomic E-state index is -0.0205. The van der Waals surface area contributed by atoms with E-state index in [4.69, 9.17) is 0 Å². The van der Waals surface area contributed by atoms with Crippen molar-refractivity contribution in [2.75, 3.05) is 0 Å². The molecule has 0 fully saturated rings. The largest absolute Gasteiger partial charge is 0.357 e. The Morgan fingerprint density at radius 2 is 1.82 bits per heavy atom. The summed E-state index contributed by atoms with van der Waals surface area (Å²) < 4.78 is 0. The maximum atomic E-state index is 11.9. The lowest BCUT2D eigenvalue weighted by Gasteiger charge is -2.10. The smallest absolute Gasteiger partial charge is 0.267 e. The number of carbonyl (C=O) groups is 1. The molecule has 17 heavy (non-hydrogen) atoms. The lowest BCUT2D eigenvalue weighted by atomic mass is 10.1. The van der Waals surface area contributed by atoms with Crippen molar-refractivity contribution >= 4 is 5.91 Å². The number of aromatic amines is 1. The number of amides is 1. The van der Waals surface area contributed by atoms with Crippen LogP contribution in [-0.2, 0) is 12.8 Å². The van der Waals surface area contributed by atoms with Crippen molar-refractivity contribution in [3.05, 3.63) is 59.4 Å². The van der Waals surface area contributed by atoms with Crippen molar-refractivity contribution in [1.82, 2.24) is 10.3 Å². The second-order valence-corrected chi connectivity index (χ2v) is 4.43. The van der Waals surface area contributed by atoms with Gasteiger partial charge in [0, 0.05) is 12.2 Å². The Balaban J connectivity index is 1.68. The Labute approximate surface area is 99.9 Å². The molecule has 0 unspecified atom stereocenters. The summed E-state index contributed by atoms with van der Waals surface area (Å²) in [7, 11) is 0. The Hall–Kier alpha value is -2.03. The molecular weight excluding hydrogens is 212 g/mol. The van der Waals surface area contributed by atoms with Crippen molar-refractivity contribution in [2.45, 2.75) is 18.9 Å². The fourth-order valence-electron chi connectivity index (χ4n) is 2.40. The highest BCUT2D eigenvalue weighted by molar-refractivity contribution is 5.92. The number of aromatic nitrogens is 1. The van der Waals surface area contributed by atoms with Gasteiger partial charge >= 0.3 is 0 Å². The van der Waals surface area contributed by atoms with Gasteiger partial charge in [-0.25, -0.2) is 0 Å². The molecule has 0 atom stereocenters. The highest BCUT2D eigenvalue weighted by Crippen LogP contribution is 2.21. The number of fused-ring (bicyclic) bond motifs is 1. The van der Waals surface area contributed by atoms with Crippen molar-refractivity contribution in [1.29, 1.82) is 0 Å². The fourth-order valence-corrected chi connectivity index (χ4v) is 2.40. The van der Waals surface area contributed by atoms with E-state index in [1.54, 1.807) is 12.3 Å². The van der Waals surface area contributed by atoms with E-state index in [0.717, 1.165) is 12.8 Å². The number of nitrogens with one attached hydrogen (secondary N) is 2. The van der Waals surface area contributed by atoms with Crippen LogP contribution in [0.5, 0.6) is 0 Å². The van der Waals surface area contributed by atoms with Crippen LogP contribution in [0.4, 0.5) is 0 Å². The molecule has 86 valence electrons. The zero-order valence-electron chi connectivity index (χ0n) is 9.44. The number of hydrogen-bond acceptors (Lipinski definition) is 1. The molecule has 1 amide bonds. The van der Waals surface area contributed by atoms with E-state index >= 15 is 0 Å². The van der Waals surface area contributed by atoms with Gasteiger partial charge in [0.05, 0.1) is 0 Å². The SMILES string of the molecule is O=C(NC1Cc2ccccc2C1)c1ccc[nH]1. The van der Waals surface area contributed by atoms with Gasteiger partial charge in [0.25, 0.3) is 5.91 Å². The molecule has 1 aliphatic rings. The quantitative estimate of drug-likeness (QED) is 0.807. The third-order valence-electron chi connectivity index (χ3n) is 3.23. The van der Waals surface area contributed by atoms with E-state index in [1.165, 1.54) is 11.1 Å². The normalized spacial score (nSPS) is 14.6. The molecule has 1 aromatic heterocycles. The number of benzene rings is 1. The van der Waals surface area contributed by atoms with Crippen LogP contribution in [0.1, 0.15) is 21.6 Å². The van der Waals surface area contributed by atoms with Crippen molar-refractivity contribution in [3.63, 3.8) is 0 Å². The lowest BCUT2D eigenvalue weighted by Crippen LogP contribution is -2.35. The Morgan fingerprint density at radius 1 is 1.12 bits per heavy atom. The molecular formula is C14H14N2O. The van der Waals surface area contributed by atoms with Crippen LogP contribution in [0.15, 0.2) is 42.6 Å². The third kappa shape index (κ3) is 1.96. The van der Waals surface area contributed by atoms with Crippen LogP contribution in [0.25, 0.3) is 0 Å². The van der Waals surface area contributed by atoms with E-state index in [-0.39, 0.29) is 11.9 Å². The van der Waals surface area contributed by atoms with E-state index < -0.39 is 0 Å². The monoisotopic (exact) mass is 226 g/mol. The predicted molar refractivity (Wildman–Crippen MR) is 65.9 cm³/mol. The average molecular weight is 226 g/mol. The number of H-pyrrole nitrogens is 1. The van der Waals surface area contributed by atoms with E-state index in [2.05, 4.69) is 22.4 Å². The van der Waals surface area contributed by atoms with Crippen LogP contribution in [0, 0.1) is 0 Å². The summed E-state index contributed by atoms with van der Waals surface area (Å²) in [5, 5.41) is 3.06. The van der Waals surface area contributed by atoms with Crippen LogP contribution in [0.2, 0.25) is 0 Å². The highest BCUT2D eigenvalue weighted by Gasteiger charge is 2.22. The van der Waals surface area contributed by atoms with Gasteiger partial charge in [0.15, 0.2) is 0 Å². The Kier molecular flexibility index (Phi) is 2.44. The van der Waals surface area contributed by atoms with Gasteiger partial charge < -0.3 is 10.3 Å². The third-order valence-corrected chi connectivity index (χ3v) is 3.23. The molecule has 1 aliphatic carbocycles. The fraction of sp³-hybridized carbons (Fsp3) is 0.214. The van der Waals surface area contributed by atoms with Crippen molar-refractivity contribution < 1.29 is 4.79 Å². The van der Waals surface area contributed by atoms with Gasteiger partial charge in [-0.1, -0.05) is 24.3 Å². The summed E-state index contributed by atoms with van der Waals surface area (Å²) >= 11 is 0. The van der Waals surface area contributed by atoms with Crippen LogP contribution < -0.4 is 5.32 Å². The number of carbonyl (C=O) groups excluding carboxylic acids is 1. The summed E-state index contributed by atoms with van der Waals surface area (Å²) in [6.45, 7) is 0. The number of rotatable bonds is 2. The second kappa shape index (κ2) is 4.09. The van der Waals surface area contributed by atoms with Crippen molar-refractivity contribution in [3.8, 4) is 0 Å². The first-order chi connectivity index (χ1) is 8.33. The summed E-state index contributed by atoms with van der Waals surface area (Å²) in [4.78, 5) is 14.8. The topological polar surface area (TPSA) is 44.9 Å². The summed E-state index contributed by atoms with van der Waals surface area (Å²) in [6.07, 6.45) is 3.63.